The van der Waals surface area contributed by atoms with Crippen molar-refractivity contribution in [1.29, 1.82) is 0 Å². The van der Waals surface area contributed by atoms with E-state index >= 15 is 0 Å². The number of halogens is 1. The van der Waals surface area contributed by atoms with E-state index < -0.39 is 23.7 Å². The Bertz CT molecular complexity index is 475. The van der Waals surface area contributed by atoms with Crippen LogP contribution in [0.2, 0.25) is 0 Å². The molecule has 1 rings (SSSR count). The van der Waals surface area contributed by atoms with Crippen molar-refractivity contribution in [3.63, 3.8) is 0 Å². The number of hydrogen-bond acceptors (Lipinski definition) is 3. The molecular weight excluding hydrogens is 251 g/mol. The molecular formula is C13H17FN2O3. The largest absolute Gasteiger partial charge is 0.393 e. The van der Waals surface area contributed by atoms with E-state index in [1.807, 2.05) is 0 Å². The van der Waals surface area contributed by atoms with E-state index in [0.29, 0.717) is 6.42 Å². The number of aryl methyl sites for hydroxylation is 1. The van der Waals surface area contributed by atoms with Crippen LogP contribution >= 0.6 is 0 Å². The van der Waals surface area contributed by atoms with Gasteiger partial charge in [0.05, 0.1) is 11.8 Å². The van der Waals surface area contributed by atoms with Gasteiger partial charge in [0.25, 0.3) is 0 Å². The van der Waals surface area contributed by atoms with Gasteiger partial charge in [0.2, 0.25) is 0 Å². The molecule has 0 spiro atoms. The molecule has 0 aliphatic rings. The second-order valence-corrected chi connectivity index (χ2v) is 4.33. The first-order valence-electron chi connectivity index (χ1n) is 5.93. The van der Waals surface area contributed by atoms with Crippen molar-refractivity contribution in [3.05, 3.63) is 29.6 Å². The molecule has 1 aromatic rings. The van der Waals surface area contributed by atoms with Crippen LogP contribution in [0.15, 0.2) is 18.2 Å². The highest BCUT2D eigenvalue weighted by atomic mass is 19.1. The minimum atomic E-state index is -0.935. The summed E-state index contributed by atoms with van der Waals surface area (Å²) in [6.45, 7) is 3.51. The van der Waals surface area contributed by atoms with Gasteiger partial charge in [-0.2, -0.15) is 0 Å². The van der Waals surface area contributed by atoms with E-state index in [2.05, 4.69) is 10.6 Å². The molecule has 0 radical (unpaired) electrons. The summed E-state index contributed by atoms with van der Waals surface area (Å²) in [6.07, 6.45) is -0.213. The molecule has 0 aliphatic heterocycles. The number of nitrogens with one attached hydrogen (secondary N) is 2. The Balaban J connectivity index is 2.54. The Hall–Kier alpha value is -1.95. The summed E-state index contributed by atoms with van der Waals surface area (Å²) in [6, 6.07) is 4.22. The van der Waals surface area contributed by atoms with Crippen LogP contribution in [0.25, 0.3) is 0 Å². The molecule has 5 nitrogen and oxygen atoms in total. The lowest BCUT2D eigenvalue weighted by molar-refractivity contribution is -0.136. The molecule has 2 amide bonds. The predicted molar refractivity (Wildman–Crippen MR) is 69.1 cm³/mol. The molecule has 0 aliphatic carbocycles. The van der Waals surface area contributed by atoms with Crippen LogP contribution in [0.1, 0.15) is 18.9 Å². The maximum absolute atomic E-state index is 13.4. The first-order valence-corrected chi connectivity index (χ1v) is 5.93. The highest BCUT2D eigenvalue weighted by Crippen LogP contribution is 2.15. The van der Waals surface area contributed by atoms with Gasteiger partial charge in [-0.05, 0) is 38.0 Å². The molecule has 0 bridgehead atoms. The standard InChI is InChI=1S/C13H17FN2O3/c1-8-3-4-10(14)11(7-8)16-13(19)12(18)15-6-5-9(2)17/h3-4,7,9,17H,5-6H2,1-2H3,(H,15,18)(H,16,19). The molecule has 1 atom stereocenters. The molecule has 0 saturated heterocycles. The van der Waals surface area contributed by atoms with E-state index in [1.165, 1.54) is 12.1 Å². The van der Waals surface area contributed by atoms with Crippen molar-refractivity contribution >= 4 is 17.5 Å². The van der Waals surface area contributed by atoms with E-state index in [9.17, 15) is 14.0 Å². The third-order valence-corrected chi connectivity index (χ3v) is 2.42. The molecule has 0 fully saturated rings. The van der Waals surface area contributed by atoms with Crippen molar-refractivity contribution in [2.75, 3.05) is 11.9 Å². The lowest BCUT2D eigenvalue weighted by Gasteiger charge is -2.08. The third-order valence-electron chi connectivity index (χ3n) is 2.42. The monoisotopic (exact) mass is 268 g/mol. The van der Waals surface area contributed by atoms with Crippen LogP contribution in [0, 0.1) is 12.7 Å². The molecule has 0 heterocycles. The second kappa shape index (κ2) is 6.84. The Kier molecular flexibility index (Phi) is 5.44. The van der Waals surface area contributed by atoms with Crippen molar-refractivity contribution in [2.24, 2.45) is 0 Å². The van der Waals surface area contributed by atoms with E-state index in [1.54, 1.807) is 19.9 Å². The normalized spacial score (nSPS) is 11.8. The van der Waals surface area contributed by atoms with Crippen molar-refractivity contribution < 1.29 is 19.1 Å². The van der Waals surface area contributed by atoms with Crippen LogP contribution < -0.4 is 10.6 Å². The summed E-state index contributed by atoms with van der Waals surface area (Å²) in [5.74, 6) is -2.40. The fourth-order valence-electron chi connectivity index (χ4n) is 1.39. The van der Waals surface area contributed by atoms with Crippen LogP contribution in [0.3, 0.4) is 0 Å². The van der Waals surface area contributed by atoms with Gasteiger partial charge in [-0.25, -0.2) is 4.39 Å². The molecule has 6 heteroatoms. The topological polar surface area (TPSA) is 78.4 Å². The van der Waals surface area contributed by atoms with E-state index in [4.69, 9.17) is 5.11 Å². The number of carbonyl (C=O) groups is 2. The first kappa shape index (κ1) is 15.1. The van der Waals surface area contributed by atoms with E-state index in [-0.39, 0.29) is 12.2 Å². The summed E-state index contributed by atoms with van der Waals surface area (Å²) in [4.78, 5) is 22.9. The second-order valence-electron chi connectivity index (χ2n) is 4.33. The Labute approximate surface area is 110 Å². The molecule has 0 aromatic heterocycles. The summed E-state index contributed by atoms with van der Waals surface area (Å²) in [5, 5.41) is 13.5. The number of carbonyl (C=O) groups excluding carboxylic acids is 2. The average molecular weight is 268 g/mol. The number of amides is 2. The summed E-state index contributed by atoms with van der Waals surface area (Å²) < 4.78 is 13.4. The Morgan fingerprint density at radius 2 is 2.05 bits per heavy atom. The maximum atomic E-state index is 13.4. The molecule has 104 valence electrons. The third kappa shape index (κ3) is 5.05. The quantitative estimate of drug-likeness (QED) is 0.712. The number of aliphatic hydroxyl groups is 1. The van der Waals surface area contributed by atoms with Gasteiger partial charge in [0.15, 0.2) is 0 Å². The van der Waals surface area contributed by atoms with Gasteiger partial charge in [0.1, 0.15) is 5.82 Å². The predicted octanol–water partition coefficient (Wildman–Crippen LogP) is 0.960. The zero-order chi connectivity index (χ0) is 14.4. The van der Waals surface area contributed by atoms with E-state index in [0.717, 1.165) is 5.56 Å². The van der Waals surface area contributed by atoms with Crippen LogP contribution in [-0.2, 0) is 9.59 Å². The highest BCUT2D eigenvalue weighted by molar-refractivity contribution is 6.39. The lowest BCUT2D eigenvalue weighted by Crippen LogP contribution is -2.36. The van der Waals surface area contributed by atoms with Gasteiger partial charge in [-0.3, -0.25) is 9.59 Å². The summed E-state index contributed by atoms with van der Waals surface area (Å²) in [5.41, 5.74) is 0.738. The Morgan fingerprint density at radius 1 is 1.37 bits per heavy atom. The van der Waals surface area contributed by atoms with Crippen LogP contribution in [0.4, 0.5) is 10.1 Å². The fourth-order valence-corrected chi connectivity index (χ4v) is 1.39. The lowest BCUT2D eigenvalue weighted by atomic mass is 10.2. The minimum absolute atomic E-state index is 0.0318. The number of benzene rings is 1. The van der Waals surface area contributed by atoms with Gasteiger partial charge >= 0.3 is 11.8 Å². The number of aliphatic hydroxyl groups excluding tert-OH is 1. The zero-order valence-corrected chi connectivity index (χ0v) is 10.9. The van der Waals surface area contributed by atoms with Crippen LogP contribution in [0.5, 0.6) is 0 Å². The smallest absolute Gasteiger partial charge is 0.313 e. The van der Waals surface area contributed by atoms with Crippen molar-refractivity contribution in [2.45, 2.75) is 26.4 Å². The number of hydrogen-bond donors (Lipinski definition) is 3. The maximum Gasteiger partial charge on any atom is 0.313 e. The zero-order valence-electron chi connectivity index (χ0n) is 10.9. The van der Waals surface area contributed by atoms with Gasteiger partial charge in [0, 0.05) is 6.54 Å². The average Bonchev–Trinajstić information content (AvgIpc) is 2.33. The van der Waals surface area contributed by atoms with Crippen molar-refractivity contribution in [1.82, 2.24) is 5.32 Å². The molecule has 1 aromatic carbocycles. The van der Waals surface area contributed by atoms with Gasteiger partial charge < -0.3 is 15.7 Å². The van der Waals surface area contributed by atoms with Crippen molar-refractivity contribution in [3.8, 4) is 0 Å². The number of rotatable bonds is 4. The van der Waals surface area contributed by atoms with Gasteiger partial charge in [-0.1, -0.05) is 6.07 Å². The first-order chi connectivity index (χ1) is 8.90. The molecule has 3 N–H and O–H groups in total. The summed E-state index contributed by atoms with van der Waals surface area (Å²) in [7, 11) is 0. The molecule has 1 unspecified atom stereocenters. The number of anilines is 1. The molecule has 0 saturated carbocycles. The highest BCUT2D eigenvalue weighted by Gasteiger charge is 2.15. The minimum Gasteiger partial charge on any atom is -0.393 e. The van der Waals surface area contributed by atoms with Crippen LogP contribution in [-0.4, -0.2) is 29.6 Å². The fraction of sp³-hybridized carbons (Fsp3) is 0.385. The molecule has 19 heavy (non-hydrogen) atoms. The van der Waals surface area contributed by atoms with Gasteiger partial charge in [-0.15, -0.1) is 0 Å². The Morgan fingerprint density at radius 3 is 2.68 bits per heavy atom. The summed E-state index contributed by atoms with van der Waals surface area (Å²) >= 11 is 0. The SMILES string of the molecule is Cc1ccc(F)c(NC(=O)C(=O)NCCC(C)O)c1.